The van der Waals surface area contributed by atoms with Gasteiger partial charge in [0.05, 0.1) is 7.11 Å². The van der Waals surface area contributed by atoms with Crippen molar-refractivity contribution in [1.29, 1.82) is 0 Å². The van der Waals surface area contributed by atoms with Crippen LogP contribution in [0.2, 0.25) is 0 Å². The van der Waals surface area contributed by atoms with Crippen LogP contribution in [0.15, 0.2) is 42.5 Å². The van der Waals surface area contributed by atoms with Gasteiger partial charge < -0.3 is 19.9 Å². The number of phenols is 1. The molecule has 0 spiro atoms. The maximum absolute atomic E-state index is 12.8. The van der Waals surface area contributed by atoms with Crippen LogP contribution in [0, 0.1) is 5.82 Å². The number of phenolic OH excluding ortho intramolecular Hbond substituents is 1. The highest BCUT2D eigenvalue weighted by molar-refractivity contribution is 5.98. The van der Waals surface area contributed by atoms with Crippen LogP contribution < -0.4 is 10.1 Å². The second-order valence-electron chi connectivity index (χ2n) is 4.93. The number of halogens is 1. The molecule has 2 aromatic carbocycles. The fourth-order valence-electron chi connectivity index (χ4n) is 1.87. The van der Waals surface area contributed by atoms with Crippen LogP contribution in [-0.2, 0) is 9.53 Å². The number of benzene rings is 2. The Morgan fingerprint density at radius 2 is 1.83 bits per heavy atom. The van der Waals surface area contributed by atoms with Crippen molar-refractivity contribution in [2.24, 2.45) is 0 Å². The molecule has 0 aliphatic heterocycles. The van der Waals surface area contributed by atoms with Crippen LogP contribution in [0.5, 0.6) is 11.5 Å². The van der Waals surface area contributed by atoms with Gasteiger partial charge in [-0.2, -0.15) is 0 Å². The van der Waals surface area contributed by atoms with Crippen LogP contribution in [-0.4, -0.2) is 30.2 Å². The summed E-state index contributed by atoms with van der Waals surface area (Å²) in [6, 6.07) is 9.25. The van der Waals surface area contributed by atoms with E-state index in [0.29, 0.717) is 11.4 Å². The van der Waals surface area contributed by atoms with Crippen LogP contribution in [0.4, 0.5) is 10.1 Å². The number of anilines is 1. The Kier molecular flexibility index (Phi) is 5.36. The first-order chi connectivity index (χ1) is 11.4. The van der Waals surface area contributed by atoms with E-state index >= 15 is 0 Å². The van der Waals surface area contributed by atoms with E-state index in [9.17, 15) is 19.1 Å². The van der Waals surface area contributed by atoms with Gasteiger partial charge in [0.1, 0.15) is 22.9 Å². The molecule has 1 atom stereocenters. The summed E-state index contributed by atoms with van der Waals surface area (Å²) in [5, 5.41) is 12.3. The lowest BCUT2D eigenvalue weighted by molar-refractivity contribution is -0.123. The molecule has 0 unspecified atom stereocenters. The Bertz CT molecular complexity index is 745. The molecular formula is C17H16FNO5. The monoisotopic (exact) mass is 333 g/mol. The van der Waals surface area contributed by atoms with Crippen molar-refractivity contribution in [2.75, 3.05) is 12.4 Å². The summed E-state index contributed by atoms with van der Waals surface area (Å²) in [5.41, 5.74) is 0.286. The second kappa shape index (κ2) is 7.45. The summed E-state index contributed by atoms with van der Waals surface area (Å²) < 4.78 is 22.8. The molecule has 1 amide bonds. The molecule has 2 N–H and O–H groups in total. The predicted molar refractivity (Wildman–Crippen MR) is 84.6 cm³/mol. The third-order valence-electron chi connectivity index (χ3n) is 3.19. The number of carbonyl (C=O) groups excluding carboxylic acids is 2. The van der Waals surface area contributed by atoms with E-state index in [1.165, 1.54) is 56.5 Å². The Morgan fingerprint density at radius 3 is 2.42 bits per heavy atom. The molecular weight excluding hydrogens is 317 g/mol. The third kappa shape index (κ3) is 4.22. The van der Waals surface area contributed by atoms with Crippen molar-refractivity contribution in [3.8, 4) is 11.5 Å². The number of esters is 1. The van der Waals surface area contributed by atoms with Gasteiger partial charge in [0.25, 0.3) is 5.91 Å². The number of hydrogen-bond acceptors (Lipinski definition) is 5. The largest absolute Gasteiger partial charge is 0.507 e. The quantitative estimate of drug-likeness (QED) is 0.822. The Labute approximate surface area is 137 Å². The van der Waals surface area contributed by atoms with E-state index in [4.69, 9.17) is 9.47 Å². The molecule has 0 saturated heterocycles. The first kappa shape index (κ1) is 17.3. The second-order valence-corrected chi connectivity index (χ2v) is 4.93. The predicted octanol–water partition coefficient (Wildman–Crippen LogP) is 2.72. The van der Waals surface area contributed by atoms with E-state index < -0.39 is 23.8 Å². The first-order valence-electron chi connectivity index (χ1n) is 7.05. The van der Waals surface area contributed by atoms with E-state index in [1.54, 1.807) is 0 Å². The van der Waals surface area contributed by atoms with Crippen molar-refractivity contribution in [1.82, 2.24) is 0 Å². The molecule has 24 heavy (non-hydrogen) atoms. The summed E-state index contributed by atoms with van der Waals surface area (Å²) in [5.74, 6) is -1.79. The molecule has 0 aliphatic rings. The van der Waals surface area contributed by atoms with Gasteiger partial charge in [0.2, 0.25) is 0 Å². The Morgan fingerprint density at radius 1 is 1.17 bits per heavy atom. The fraction of sp³-hybridized carbons (Fsp3) is 0.176. The van der Waals surface area contributed by atoms with Crippen LogP contribution in [0.3, 0.4) is 0 Å². The Hall–Kier alpha value is -3.09. The number of carbonyl (C=O) groups is 2. The minimum Gasteiger partial charge on any atom is -0.507 e. The number of methoxy groups -OCH3 is 1. The van der Waals surface area contributed by atoms with Gasteiger partial charge in [-0.1, -0.05) is 0 Å². The zero-order valence-corrected chi connectivity index (χ0v) is 13.1. The average molecular weight is 333 g/mol. The van der Waals surface area contributed by atoms with E-state index in [-0.39, 0.29) is 11.3 Å². The first-order valence-corrected chi connectivity index (χ1v) is 7.05. The van der Waals surface area contributed by atoms with Crippen LogP contribution >= 0.6 is 0 Å². The molecule has 2 aromatic rings. The lowest BCUT2D eigenvalue weighted by atomic mass is 10.2. The van der Waals surface area contributed by atoms with Crippen molar-refractivity contribution >= 4 is 17.6 Å². The maximum atomic E-state index is 12.8. The number of hydrogen-bond donors (Lipinski definition) is 2. The third-order valence-corrected chi connectivity index (χ3v) is 3.19. The van der Waals surface area contributed by atoms with Crippen LogP contribution in [0.1, 0.15) is 17.3 Å². The van der Waals surface area contributed by atoms with Gasteiger partial charge in [0.15, 0.2) is 6.10 Å². The normalized spacial score (nSPS) is 11.5. The number of nitrogens with one attached hydrogen (secondary N) is 1. The van der Waals surface area contributed by atoms with E-state index in [2.05, 4.69) is 5.32 Å². The molecule has 7 heteroatoms. The lowest BCUT2D eigenvalue weighted by Gasteiger charge is -2.14. The maximum Gasteiger partial charge on any atom is 0.342 e. The molecule has 2 rings (SSSR count). The molecule has 0 radical (unpaired) electrons. The van der Waals surface area contributed by atoms with Gasteiger partial charge in [-0.05, 0) is 43.3 Å². The molecule has 0 saturated carbocycles. The van der Waals surface area contributed by atoms with Crippen molar-refractivity contribution in [3.05, 3.63) is 53.8 Å². The summed E-state index contributed by atoms with van der Waals surface area (Å²) in [4.78, 5) is 24.0. The summed E-state index contributed by atoms with van der Waals surface area (Å²) >= 11 is 0. The number of aromatic hydroxyl groups is 1. The molecule has 126 valence electrons. The molecule has 6 nitrogen and oxygen atoms in total. The van der Waals surface area contributed by atoms with Crippen molar-refractivity contribution < 1.29 is 28.6 Å². The van der Waals surface area contributed by atoms with Crippen LogP contribution in [0.25, 0.3) is 0 Å². The topological polar surface area (TPSA) is 84.9 Å². The highest BCUT2D eigenvalue weighted by Crippen LogP contribution is 2.24. The Balaban J connectivity index is 2.00. The fourth-order valence-corrected chi connectivity index (χ4v) is 1.87. The highest BCUT2D eigenvalue weighted by atomic mass is 19.1. The van der Waals surface area contributed by atoms with E-state index in [1.807, 2.05) is 0 Å². The summed E-state index contributed by atoms with van der Waals surface area (Å²) in [6.45, 7) is 1.39. The zero-order chi connectivity index (χ0) is 17.7. The summed E-state index contributed by atoms with van der Waals surface area (Å²) in [6.07, 6.45) is -1.11. The molecule has 0 aliphatic carbocycles. The lowest BCUT2D eigenvalue weighted by Crippen LogP contribution is -2.30. The van der Waals surface area contributed by atoms with Gasteiger partial charge in [0, 0.05) is 11.8 Å². The van der Waals surface area contributed by atoms with Crippen molar-refractivity contribution in [2.45, 2.75) is 13.0 Å². The standard InChI is InChI=1S/C17H16FNO5/c1-10(16(21)19-12-5-3-11(18)4-6-12)24-17(22)14-8-7-13(23-2)9-15(14)20/h3-10,20H,1-2H3,(H,19,21)/t10-/m0/s1. The minimum absolute atomic E-state index is 0.0859. The average Bonchev–Trinajstić information content (AvgIpc) is 2.56. The number of amides is 1. The van der Waals surface area contributed by atoms with Gasteiger partial charge >= 0.3 is 5.97 Å². The summed E-state index contributed by atoms with van der Waals surface area (Å²) in [7, 11) is 1.43. The molecule has 0 aromatic heterocycles. The molecule has 0 fully saturated rings. The highest BCUT2D eigenvalue weighted by Gasteiger charge is 2.21. The van der Waals surface area contributed by atoms with Crippen molar-refractivity contribution in [3.63, 3.8) is 0 Å². The SMILES string of the molecule is COc1ccc(C(=O)O[C@@H](C)C(=O)Nc2ccc(F)cc2)c(O)c1. The minimum atomic E-state index is -1.11. The molecule has 0 bridgehead atoms. The van der Waals surface area contributed by atoms with Gasteiger partial charge in [-0.15, -0.1) is 0 Å². The zero-order valence-electron chi connectivity index (χ0n) is 13.1. The number of rotatable bonds is 5. The molecule has 0 heterocycles. The smallest absolute Gasteiger partial charge is 0.342 e. The van der Waals surface area contributed by atoms with Gasteiger partial charge in [-0.3, -0.25) is 4.79 Å². The number of ether oxygens (including phenoxy) is 2. The van der Waals surface area contributed by atoms with Gasteiger partial charge in [-0.25, -0.2) is 9.18 Å². The van der Waals surface area contributed by atoms with E-state index in [0.717, 1.165) is 0 Å².